The Kier molecular flexibility index (Phi) is 35.8. The van der Waals surface area contributed by atoms with E-state index in [4.69, 9.17) is 0 Å². The number of unbranched alkanes of at least 4 members (excludes halogenated alkanes) is 28. The van der Waals surface area contributed by atoms with Crippen LogP contribution >= 0.6 is 0 Å². The zero-order valence-electron chi connectivity index (χ0n) is 38.0. The van der Waals surface area contributed by atoms with E-state index in [1.54, 1.807) is 27.7 Å². The summed E-state index contributed by atoms with van der Waals surface area (Å²) in [4.78, 5) is 50.4. The van der Waals surface area contributed by atoms with Gasteiger partial charge in [-0.25, -0.2) is 0 Å². The molecule has 8 nitrogen and oxygen atoms in total. The predicted molar refractivity (Wildman–Crippen MR) is 237 cm³/mol. The molecular weight excluding hydrogens is 697 g/mol. The maximum Gasteiger partial charge on any atom is 0.249 e. The highest BCUT2D eigenvalue weighted by molar-refractivity contribution is 5.87. The van der Waals surface area contributed by atoms with Gasteiger partial charge in [0.1, 0.15) is 11.6 Å². The van der Waals surface area contributed by atoms with Crippen molar-refractivity contribution < 1.29 is 19.2 Å². The molecule has 8 heteroatoms. The van der Waals surface area contributed by atoms with Gasteiger partial charge in [-0.3, -0.25) is 19.2 Å². The van der Waals surface area contributed by atoms with Gasteiger partial charge in [0.25, 0.3) is 0 Å². The van der Waals surface area contributed by atoms with Gasteiger partial charge in [0.05, 0.1) is 0 Å². The van der Waals surface area contributed by atoms with E-state index in [1.165, 1.54) is 167 Å². The van der Waals surface area contributed by atoms with Crippen molar-refractivity contribution in [3.63, 3.8) is 0 Å². The molecule has 0 radical (unpaired) electrons. The van der Waals surface area contributed by atoms with Crippen LogP contribution in [0.4, 0.5) is 0 Å². The van der Waals surface area contributed by atoms with Gasteiger partial charge in [-0.2, -0.15) is 10.2 Å². The van der Waals surface area contributed by atoms with E-state index >= 15 is 0 Å². The van der Waals surface area contributed by atoms with Crippen LogP contribution in [0.25, 0.3) is 0 Å². The van der Waals surface area contributed by atoms with Gasteiger partial charge in [-0.15, -0.1) is 0 Å². The third kappa shape index (κ3) is 34.0. The Morgan fingerprint density at radius 3 is 0.786 bits per heavy atom. The molecule has 0 aromatic carbocycles. The topological polar surface area (TPSA) is 117 Å². The minimum atomic E-state index is -1.18. The van der Waals surface area contributed by atoms with Crippen molar-refractivity contribution in [1.29, 1.82) is 0 Å². The summed E-state index contributed by atoms with van der Waals surface area (Å²) in [6.45, 7) is 11.7. The van der Waals surface area contributed by atoms with Crippen molar-refractivity contribution in [3.05, 3.63) is 0 Å². The molecule has 0 saturated carbocycles. The highest BCUT2D eigenvalue weighted by Crippen LogP contribution is 2.18. The number of Topliss-reactive ketones (excluding diaryl/α,β-unsaturated/α-hetero) is 2. The van der Waals surface area contributed by atoms with Crippen molar-refractivity contribution in [2.24, 2.45) is 10.2 Å². The fourth-order valence-corrected chi connectivity index (χ4v) is 7.04. The first kappa shape index (κ1) is 53.9. The minimum absolute atomic E-state index is 0.172. The SMILES string of the molecule is CCCCCCCCCCCCCCCCCC(=O)CCNC(=O)C(C)(C)N=NC(C)(C)C(=O)NCCC(=O)CCCCCCCCCCCCCCCCC. The molecule has 0 aliphatic rings. The van der Waals surface area contributed by atoms with Gasteiger partial charge < -0.3 is 10.6 Å². The van der Waals surface area contributed by atoms with Gasteiger partial charge in [0.15, 0.2) is 11.1 Å². The predicted octanol–water partition coefficient (Wildman–Crippen LogP) is 13.7. The summed E-state index contributed by atoms with van der Waals surface area (Å²) in [5.41, 5.74) is -2.36. The molecule has 0 atom stereocenters. The Morgan fingerprint density at radius 2 is 0.554 bits per heavy atom. The molecule has 0 aliphatic carbocycles. The molecule has 2 N–H and O–H groups in total. The van der Waals surface area contributed by atoms with Crippen molar-refractivity contribution >= 4 is 23.4 Å². The molecule has 56 heavy (non-hydrogen) atoms. The van der Waals surface area contributed by atoms with Crippen LogP contribution in [0.1, 0.15) is 260 Å². The van der Waals surface area contributed by atoms with Crippen LogP contribution in [0.3, 0.4) is 0 Å². The Hall–Kier alpha value is -2.12. The molecule has 0 unspecified atom stereocenters. The number of ketones is 2. The van der Waals surface area contributed by atoms with Crippen molar-refractivity contribution in [2.45, 2.75) is 271 Å². The summed E-state index contributed by atoms with van der Waals surface area (Å²) in [5.74, 6) is -0.320. The third-order valence-electron chi connectivity index (χ3n) is 11.2. The molecule has 0 spiro atoms. The Labute approximate surface area is 346 Å². The quantitative estimate of drug-likeness (QED) is 0.0473. The summed E-state index contributed by atoms with van der Waals surface area (Å²) in [5, 5.41) is 14.1. The highest BCUT2D eigenvalue weighted by Gasteiger charge is 2.32. The normalized spacial score (nSPS) is 12.0. The Bertz CT molecular complexity index is 931. The van der Waals surface area contributed by atoms with Crippen LogP contribution in [0.15, 0.2) is 10.2 Å². The molecule has 0 fully saturated rings. The third-order valence-corrected chi connectivity index (χ3v) is 11.2. The second-order valence-electron chi connectivity index (χ2n) is 17.8. The van der Waals surface area contributed by atoms with E-state index in [2.05, 4.69) is 34.7 Å². The monoisotopic (exact) mass is 789 g/mol. The summed E-state index contributed by atoms with van der Waals surface area (Å²) >= 11 is 0. The van der Waals surface area contributed by atoms with Gasteiger partial charge in [-0.1, -0.05) is 194 Å². The summed E-state index contributed by atoms with van der Waals surface area (Å²) in [6.07, 6.45) is 40.7. The Morgan fingerprint density at radius 1 is 0.339 bits per heavy atom. The van der Waals surface area contributed by atoms with Crippen LogP contribution in [0.5, 0.6) is 0 Å². The second-order valence-corrected chi connectivity index (χ2v) is 17.8. The van der Waals surface area contributed by atoms with Crippen LogP contribution in [-0.4, -0.2) is 47.5 Å². The first-order valence-electron chi connectivity index (χ1n) is 24.0. The molecule has 2 amide bonds. The van der Waals surface area contributed by atoms with Crippen molar-refractivity contribution in [1.82, 2.24) is 10.6 Å². The largest absolute Gasteiger partial charge is 0.354 e. The fourth-order valence-electron chi connectivity index (χ4n) is 7.04. The van der Waals surface area contributed by atoms with Crippen molar-refractivity contribution in [3.8, 4) is 0 Å². The average Bonchev–Trinajstić information content (AvgIpc) is 3.17. The van der Waals surface area contributed by atoms with E-state index < -0.39 is 11.1 Å². The second kappa shape index (κ2) is 37.2. The van der Waals surface area contributed by atoms with E-state index in [-0.39, 0.29) is 36.5 Å². The van der Waals surface area contributed by atoms with E-state index in [0.29, 0.717) is 25.7 Å². The lowest BCUT2D eigenvalue weighted by Crippen LogP contribution is -2.44. The lowest BCUT2D eigenvalue weighted by atomic mass is 10.0. The zero-order valence-corrected chi connectivity index (χ0v) is 38.0. The van der Waals surface area contributed by atoms with Crippen LogP contribution in [0.2, 0.25) is 0 Å². The number of hydrogen-bond acceptors (Lipinski definition) is 6. The van der Waals surface area contributed by atoms with Gasteiger partial charge in [-0.05, 0) is 40.5 Å². The summed E-state index contributed by atoms with van der Waals surface area (Å²) in [6, 6.07) is 0. The zero-order chi connectivity index (χ0) is 41.6. The number of hydrogen-bond donors (Lipinski definition) is 2. The number of rotatable bonds is 42. The molecule has 328 valence electrons. The fraction of sp³-hybridized carbons (Fsp3) is 0.917. The molecular formula is C48H92N4O4. The molecule has 0 bridgehead atoms. The molecule has 0 rings (SSSR count). The van der Waals surface area contributed by atoms with Gasteiger partial charge in [0.2, 0.25) is 11.8 Å². The van der Waals surface area contributed by atoms with Gasteiger partial charge in [0, 0.05) is 38.8 Å². The number of amides is 2. The highest BCUT2D eigenvalue weighted by atomic mass is 16.2. The standard InChI is InChI=1S/C48H92N4O4/c1-7-9-11-13-15-17-19-21-23-25-27-29-31-33-35-37-43(53)39-41-49-45(55)47(3,4)51-52-48(5,6)46(56)50-42-40-44(54)38-36-34-32-30-28-26-24-22-20-18-16-14-12-10-8-2/h7-42H2,1-6H3,(H,49,55)(H,50,56). The number of nitrogens with zero attached hydrogens (tertiary/aromatic N) is 2. The molecule has 0 saturated heterocycles. The summed E-state index contributed by atoms with van der Waals surface area (Å²) < 4.78 is 0. The maximum atomic E-state index is 12.8. The van der Waals surface area contributed by atoms with E-state index in [1.807, 2.05) is 0 Å². The van der Waals surface area contributed by atoms with E-state index in [9.17, 15) is 19.2 Å². The van der Waals surface area contributed by atoms with Gasteiger partial charge >= 0.3 is 0 Å². The maximum absolute atomic E-state index is 12.8. The molecule has 0 aromatic rings. The molecule has 0 aromatic heterocycles. The number of nitrogens with one attached hydrogen (secondary N) is 2. The first-order valence-corrected chi connectivity index (χ1v) is 24.0. The summed E-state index contributed by atoms with van der Waals surface area (Å²) in [7, 11) is 0. The van der Waals surface area contributed by atoms with Crippen LogP contribution in [-0.2, 0) is 19.2 Å². The lowest BCUT2D eigenvalue weighted by molar-refractivity contribution is -0.127. The number of azo groups is 1. The van der Waals surface area contributed by atoms with Crippen LogP contribution in [0, 0.1) is 0 Å². The smallest absolute Gasteiger partial charge is 0.249 e. The number of carbonyl (C=O) groups is 4. The minimum Gasteiger partial charge on any atom is -0.354 e. The number of carbonyl (C=O) groups excluding carboxylic acids is 4. The first-order chi connectivity index (χ1) is 27.0. The van der Waals surface area contributed by atoms with E-state index in [0.717, 1.165) is 25.7 Å². The average molecular weight is 789 g/mol. The Balaban J connectivity index is 3.93. The molecule has 0 aliphatic heterocycles. The van der Waals surface area contributed by atoms with Crippen molar-refractivity contribution in [2.75, 3.05) is 13.1 Å². The molecule has 0 heterocycles. The lowest BCUT2D eigenvalue weighted by Gasteiger charge is -2.22. The van der Waals surface area contributed by atoms with Crippen LogP contribution < -0.4 is 10.6 Å².